The SMILES string of the molecule is C=CCN(C(=O)CC1CCCN1)C1CCS(=O)(=O)C1. The number of hydrogen-bond donors (Lipinski definition) is 1. The van der Waals surface area contributed by atoms with Gasteiger partial charge in [0.1, 0.15) is 0 Å². The van der Waals surface area contributed by atoms with Crippen LogP contribution < -0.4 is 5.32 Å². The first kappa shape index (κ1) is 14.5. The van der Waals surface area contributed by atoms with Crippen LogP contribution in [0.25, 0.3) is 0 Å². The largest absolute Gasteiger partial charge is 0.335 e. The summed E-state index contributed by atoms with van der Waals surface area (Å²) < 4.78 is 23.1. The van der Waals surface area contributed by atoms with Crippen LogP contribution in [0.2, 0.25) is 0 Å². The summed E-state index contributed by atoms with van der Waals surface area (Å²) in [4.78, 5) is 14.0. The van der Waals surface area contributed by atoms with E-state index in [4.69, 9.17) is 0 Å². The molecule has 0 spiro atoms. The fourth-order valence-corrected chi connectivity index (χ4v) is 4.60. The summed E-state index contributed by atoms with van der Waals surface area (Å²) in [5.41, 5.74) is 0. The Hall–Kier alpha value is -0.880. The predicted molar refractivity (Wildman–Crippen MR) is 74.6 cm³/mol. The number of nitrogens with one attached hydrogen (secondary N) is 1. The van der Waals surface area contributed by atoms with Gasteiger partial charge >= 0.3 is 0 Å². The minimum atomic E-state index is -2.96. The Morgan fingerprint density at radius 1 is 1.42 bits per heavy atom. The molecule has 1 N–H and O–H groups in total. The normalized spacial score (nSPS) is 29.3. The highest BCUT2D eigenvalue weighted by Gasteiger charge is 2.34. The van der Waals surface area contributed by atoms with E-state index >= 15 is 0 Å². The minimum absolute atomic E-state index is 0.0430. The van der Waals surface area contributed by atoms with E-state index < -0.39 is 9.84 Å². The number of amides is 1. The van der Waals surface area contributed by atoms with Crippen molar-refractivity contribution in [2.24, 2.45) is 0 Å². The van der Waals surface area contributed by atoms with Gasteiger partial charge in [-0.25, -0.2) is 8.42 Å². The van der Waals surface area contributed by atoms with Gasteiger partial charge in [-0.05, 0) is 25.8 Å². The van der Waals surface area contributed by atoms with Crippen molar-refractivity contribution in [1.82, 2.24) is 10.2 Å². The molecule has 2 aliphatic rings. The lowest BCUT2D eigenvalue weighted by Gasteiger charge is -2.28. The van der Waals surface area contributed by atoms with Gasteiger partial charge < -0.3 is 10.2 Å². The Balaban J connectivity index is 1.98. The van der Waals surface area contributed by atoms with Crippen LogP contribution in [0.1, 0.15) is 25.7 Å². The maximum absolute atomic E-state index is 12.3. The molecule has 0 radical (unpaired) electrons. The highest BCUT2D eigenvalue weighted by atomic mass is 32.2. The van der Waals surface area contributed by atoms with Crippen LogP contribution in [0.4, 0.5) is 0 Å². The predicted octanol–water partition coefficient (Wildman–Crippen LogP) is 0.330. The second-order valence-electron chi connectivity index (χ2n) is 5.39. The van der Waals surface area contributed by atoms with Gasteiger partial charge in [-0.2, -0.15) is 0 Å². The highest BCUT2D eigenvalue weighted by molar-refractivity contribution is 7.91. The van der Waals surface area contributed by atoms with Crippen LogP contribution in [0.5, 0.6) is 0 Å². The third-order valence-corrected chi connectivity index (χ3v) is 5.63. The molecule has 2 heterocycles. The monoisotopic (exact) mass is 286 g/mol. The molecular formula is C13H22N2O3S. The van der Waals surface area contributed by atoms with E-state index in [2.05, 4.69) is 11.9 Å². The molecule has 0 aromatic carbocycles. The van der Waals surface area contributed by atoms with E-state index in [1.165, 1.54) is 0 Å². The third kappa shape index (κ3) is 3.79. The van der Waals surface area contributed by atoms with Gasteiger partial charge in [0.25, 0.3) is 0 Å². The molecule has 2 rings (SSSR count). The summed E-state index contributed by atoms with van der Waals surface area (Å²) in [7, 11) is -2.96. The lowest BCUT2D eigenvalue weighted by molar-refractivity contribution is -0.132. The number of sulfone groups is 1. The van der Waals surface area contributed by atoms with Gasteiger partial charge in [-0.3, -0.25) is 4.79 Å². The Bertz CT molecular complexity index is 441. The molecule has 0 aromatic heterocycles. The van der Waals surface area contributed by atoms with Crippen molar-refractivity contribution in [3.05, 3.63) is 12.7 Å². The van der Waals surface area contributed by atoms with Gasteiger partial charge in [0.2, 0.25) is 5.91 Å². The number of rotatable bonds is 5. The average molecular weight is 286 g/mol. The summed E-state index contributed by atoms with van der Waals surface area (Å²) in [5.74, 6) is 0.340. The van der Waals surface area contributed by atoms with Gasteiger partial charge in [0.15, 0.2) is 9.84 Å². The van der Waals surface area contributed by atoms with E-state index in [1.807, 2.05) is 0 Å². The summed E-state index contributed by atoms with van der Waals surface area (Å²) >= 11 is 0. The minimum Gasteiger partial charge on any atom is -0.335 e. The molecule has 2 saturated heterocycles. The van der Waals surface area contributed by atoms with Crippen LogP contribution in [0.15, 0.2) is 12.7 Å². The summed E-state index contributed by atoms with van der Waals surface area (Å²) in [6, 6.07) is 0.0785. The zero-order valence-electron chi connectivity index (χ0n) is 11.2. The molecule has 6 heteroatoms. The zero-order chi connectivity index (χ0) is 13.9. The van der Waals surface area contributed by atoms with Gasteiger partial charge in [-0.1, -0.05) is 6.08 Å². The van der Waals surface area contributed by atoms with E-state index in [9.17, 15) is 13.2 Å². The van der Waals surface area contributed by atoms with Crippen molar-refractivity contribution in [1.29, 1.82) is 0 Å². The quantitative estimate of drug-likeness (QED) is 0.740. The molecule has 2 aliphatic heterocycles. The van der Waals surface area contributed by atoms with Crippen LogP contribution >= 0.6 is 0 Å². The number of carbonyl (C=O) groups excluding carboxylic acids is 1. The second kappa shape index (κ2) is 6.05. The van der Waals surface area contributed by atoms with Crippen molar-refractivity contribution in [3.8, 4) is 0 Å². The molecule has 2 fully saturated rings. The standard InChI is InChI=1S/C13H22N2O3S/c1-2-7-15(12-5-8-19(17,18)10-12)13(16)9-11-4-3-6-14-11/h2,11-12,14H,1,3-10H2. The van der Waals surface area contributed by atoms with E-state index in [-0.39, 0.29) is 29.5 Å². The molecule has 2 unspecified atom stereocenters. The number of nitrogens with zero attached hydrogens (tertiary/aromatic N) is 1. The fraction of sp³-hybridized carbons (Fsp3) is 0.769. The van der Waals surface area contributed by atoms with Crippen LogP contribution in [0, 0.1) is 0 Å². The Morgan fingerprint density at radius 2 is 2.21 bits per heavy atom. The first-order valence-electron chi connectivity index (χ1n) is 6.86. The fourth-order valence-electron chi connectivity index (χ4n) is 2.87. The topological polar surface area (TPSA) is 66.5 Å². The Kier molecular flexibility index (Phi) is 4.62. The smallest absolute Gasteiger partial charge is 0.224 e. The van der Waals surface area contributed by atoms with Gasteiger partial charge in [-0.15, -0.1) is 6.58 Å². The molecule has 2 atom stereocenters. The first-order valence-corrected chi connectivity index (χ1v) is 8.68. The van der Waals surface area contributed by atoms with Crippen LogP contribution in [-0.4, -0.2) is 55.9 Å². The molecule has 0 aromatic rings. The molecule has 19 heavy (non-hydrogen) atoms. The van der Waals surface area contributed by atoms with Crippen LogP contribution in [-0.2, 0) is 14.6 Å². The van der Waals surface area contributed by atoms with Crippen molar-refractivity contribution >= 4 is 15.7 Å². The summed E-state index contributed by atoms with van der Waals surface area (Å²) in [6.07, 6.45) is 4.82. The molecule has 108 valence electrons. The molecular weight excluding hydrogens is 264 g/mol. The lowest BCUT2D eigenvalue weighted by Crippen LogP contribution is -2.43. The Morgan fingerprint density at radius 3 is 2.74 bits per heavy atom. The number of hydrogen-bond acceptors (Lipinski definition) is 4. The van der Waals surface area contributed by atoms with Crippen LogP contribution in [0.3, 0.4) is 0 Å². The second-order valence-corrected chi connectivity index (χ2v) is 7.62. The first-order chi connectivity index (χ1) is 9.02. The van der Waals surface area contributed by atoms with Crippen molar-refractivity contribution in [2.75, 3.05) is 24.6 Å². The zero-order valence-corrected chi connectivity index (χ0v) is 12.0. The molecule has 0 bridgehead atoms. The van der Waals surface area contributed by atoms with Gasteiger partial charge in [0.05, 0.1) is 11.5 Å². The maximum atomic E-state index is 12.3. The summed E-state index contributed by atoms with van der Waals surface area (Å²) in [6.45, 7) is 5.07. The molecule has 0 aliphatic carbocycles. The highest BCUT2D eigenvalue weighted by Crippen LogP contribution is 2.20. The third-order valence-electron chi connectivity index (χ3n) is 3.88. The average Bonchev–Trinajstić information content (AvgIpc) is 2.95. The Labute approximate surface area is 115 Å². The molecule has 5 nitrogen and oxygen atoms in total. The van der Waals surface area contributed by atoms with E-state index in [0.717, 1.165) is 19.4 Å². The molecule has 0 saturated carbocycles. The van der Waals surface area contributed by atoms with Gasteiger partial charge in [0, 0.05) is 25.0 Å². The van der Waals surface area contributed by atoms with E-state index in [1.54, 1.807) is 11.0 Å². The molecule has 1 amide bonds. The lowest BCUT2D eigenvalue weighted by atomic mass is 10.1. The van der Waals surface area contributed by atoms with E-state index in [0.29, 0.717) is 19.4 Å². The number of carbonyl (C=O) groups is 1. The van der Waals surface area contributed by atoms with Crippen molar-refractivity contribution < 1.29 is 13.2 Å². The maximum Gasteiger partial charge on any atom is 0.224 e. The van der Waals surface area contributed by atoms with Crippen molar-refractivity contribution in [2.45, 2.75) is 37.8 Å². The van der Waals surface area contributed by atoms with Crippen molar-refractivity contribution in [3.63, 3.8) is 0 Å². The summed E-state index contributed by atoms with van der Waals surface area (Å²) in [5, 5.41) is 3.30.